The van der Waals surface area contributed by atoms with E-state index < -0.39 is 11.7 Å². The third-order valence-electron chi connectivity index (χ3n) is 4.42. The molecule has 1 fully saturated rings. The van der Waals surface area contributed by atoms with Gasteiger partial charge in [0.25, 0.3) is 0 Å². The zero-order chi connectivity index (χ0) is 19.9. The van der Waals surface area contributed by atoms with Gasteiger partial charge in [0, 0.05) is 19.6 Å². The van der Waals surface area contributed by atoms with Gasteiger partial charge in [-0.2, -0.15) is 13.2 Å². The number of piperidine rings is 1. The number of nitrogens with zero attached hydrogens (tertiary/aromatic N) is 2. The minimum Gasteiger partial charge on any atom is -0.466 e. The molecule has 5 nitrogen and oxygen atoms in total. The summed E-state index contributed by atoms with van der Waals surface area (Å²) in [6, 6.07) is 5.21. The van der Waals surface area contributed by atoms with Crippen molar-refractivity contribution in [3.05, 3.63) is 35.4 Å². The van der Waals surface area contributed by atoms with Crippen LogP contribution in [0.15, 0.2) is 29.3 Å². The lowest BCUT2D eigenvalue weighted by atomic mass is 9.97. The molecule has 0 amide bonds. The van der Waals surface area contributed by atoms with Crippen LogP contribution in [0.25, 0.3) is 0 Å². The number of ether oxygens (including phenoxy) is 1. The highest BCUT2D eigenvalue weighted by molar-refractivity contribution is 14.0. The number of likely N-dealkylation sites (tertiary alicyclic amines) is 1. The van der Waals surface area contributed by atoms with Crippen LogP contribution in [0.2, 0.25) is 0 Å². The molecule has 9 heteroatoms. The highest BCUT2D eigenvalue weighted by Gasteiger charge is 2.30. The Kier molecular flexibility index (Phi) is 10.0. The summed E-state index contributed by atoms with van der Waals surface area (Å²) >= 11 is 0. The number of carbonyl (C=O) groups is 1. The van der Waals surface area contributed by atoms with Crippen molar-refractivity contribution >= 4 is 35.9 Å². The van der Waals surface area contributed by atoms with Gasteiger partial charge in [0.15, 0.2) is 5.96 Å². The molecule has 28 heavy (non-hydrogen) atoms. The summed E-state index contributed by atoms with van der Waals surface area (Å²) in [6.45, 7) is 6.21. The quantitative estimate of drug-likeness (QED) is 0.279. The monoisotopic (exact) mass is 513 g/mol. The highest BCUT2D eigenvalue weighted by atomic mass is 127. The van der Waals surface area contributed by atoms with Crippen molar-refractivity contribution in [2.45, 2.75) is 39.4 Å². The first-order valence-electron chi connectivity index (χ1n) is 9.21. The average molecular weight is 513 g/mol. The molecule has 1 heterocycles. The van der Waals surface area contributed by atoms with E-state index in [0.717, 1.165) is 12.1 Å². The molecule has 1 aliphatic heterocycles. The Hall–Kier alpha value is -1.52. The number of hydrogen-bond donors (Lipinski definition) is 1. The van der Waals surface area contributed by atoms with Crippen LogP contribution in [0.1, 0.15) is 37.8 Å². The van der Waals surface area contributed by atoms with Gasteiger partial charge in [0.2, 0.25) is 0 Å². The molecule has 0 bridgehead atoms. The van der Waals surface area contributed by atoms with Gasteiger partial charge in [0.1, 0.15) is 0 Å². The summed E-state index contributed by atoms with van der Waals surface area (Å²) < 4.78 is 43.6. The van der Waals surface area contributed by atoms with Gasteiger partial charge in [0.05, 0.1) is 24.6 Å². The zero-order valence-electron chi connectivity index (χ0n) is 16.1. The number of guanidine groups is 1. The van der Waals surface area contributed by atoms with Crippen LogP contribution in [0.5, 0.6) is 0 Å². The molecule has 0 unspecified atom stereocenters. The lowest BCUT2D eigenvalue weighted by molar-refractivity contribution is -0.149. The Labute approximate surface area is 180 Å². The average Bonchev–Trinajstić information content (AvgIpc) is 2.65. The third-order valence-corrected chi connectivity index (χ3v) is 4.42. The molecule has 2 rings (SSSR count). The van der Waals surface area contributed by atoms with E-state index in [2.05, 4.69) is 10.3 Å². The summed E-state index contributed by atoms with van der Waals surface area (Å²) in [5, 5.41) is 3.17. The fourth-order valence-electron chi connectivity index (χ4n) is 3.03. The molecule has 0 saturated carbocycles. The molecule has 0 spiro atoms. The van der Waals surface area contributed by atoms with Crippen LogP contribution < -0.4 is 5.32 Å². The Morgan fingerprint density at radius 2 is 1.96 bits per heavy atom. The molecule has 0 aromatic heterocycles. The predicted molar refractivity (Wildman–Crippen MR) is 113 cm³/mol. The first-order valence-corrected chi connectivity index (χ1v) is 9.21. The van der Waals surface area contributed by atoms with Crippen LogP contribution in [0.3, 0.4) is 0 Å². The second-order valence-corrected chi connectivity index (χ2v) is 6.38. The van der Waals surface area contributed by atoms with Gasteiger partial charge in [-0.3, -0.25) is 4.79 Å². The topological polar surface area (TPSA) is 53.9 Å². The molecule has 0 radical (unpaired) electrons. The minimum absolute atomic E-state index is 0. The first kappa shape index (κ1) is 24.5. The van der Waals surface area contributed by atoms with Crippen molar-refractivity contribution < 1.29 is 22.7 Å². The molecule has 0 aliphatic carbocycles. The maximum Gasteiger partial charge on any atom is 0.416 e. The van der Waals surface area contributed by atoms with E-state index in [9.17, 15) is 18.0 Å². The van der Waals surface area contributed by atoms with Gasteiger partial charge in [-0.05, 0) is 44.4 Å². The van der Waals surface area contributed by atoms with E-state index >= 15 is 0 Å². The van der Waals surface area contributed by atoms with Crippen molar-refractivity contribution in [2.24, 2.45) is 10.9 Å². The molecule has 0 atom stereocenters. The number of aliphatic imine (C=N–C) groups is 1. The fraction of sp³-hybridized carbons (Fsp3) is 0.579. The van der Waals surface area contributed by atoms with E-state index in [1.54, 1.807) is 13.0 Å². The summed E-state index contributed by atoms with van der Waals surface area (Å²) in [5.74, 6) is 0.382. The van der Waals surface area contributed by atoms with Crippen LogP contribution in [0.4, 0.5) is 13.2 Å². The third kappa shape index (κ3) is 7.14. The molecular formula is C19H27F3IN3O2. The lowest BCUT2D eigenvalue weighted by Crippen LogP contribution is -2.46. The minimum atomic E-state index is -4.36. The van der Waals surface area contributed by atoms with Crippen molar-refractivity contribution in [3.8, 4) is 0 Å². The Morgan fingerprint density at radius 3 is 2.54 bits per heavy atom. The lowest BCUT2D eigenvalue weighted by Gasteiger charge is -2.33. The highest BCUT2D eigenvalue weighted by Crippen LogP contribution is 2.29. The second-order valence-electron chi connectivity index (χ2n) is 6.38. The zero-order valence-corrected chi connectivity index (χ0v) is 18.4. The standard InChI is InChI=1S/C19H26F3N3O2.HI/c1-3-23-18(25-10-8-15(9-11-25)17(26)27-4-2)24-13-14-6-5-7-16(12-14)19(20,21)22;/h5-7,12,15H,3-4,8-11,13H2,1-2H3,(H,23,24);1H. The molecular weight excluding hydrogens is 486 g/mol. The van der Waals surface area contributed by atoms with Crippen molar-refractivity contribution in [3.63, 3.8) is 0 Å². The summed E-state index contributed by atoms with van der Waals surface area (Å²) in [6.07, 6.45) is -3.02. The fourth-order valence-corrected chi connectivity index (χ4v) is 3.03. The summed E-state index contributed by atoms with van der Waals surface area (Å²) in [7, 11) is 0. The number of hydrogen-bond acceptors (Lipinski definition) is 3. The second kappa shape index (κ2) is 11.5. The number of nitrogens with one attached hydrogen (secondary N) is 1. The van der Waals surface area contributed by atoms with Gasteiger partial charge in [-0.25, -0.2) is 4.99 Å². The number of alkyl halides is 3. The van der Waals surface area contributed by atoms with E-state index in [1.165, 1.54) is 6.07 Å². The number of benzene rings is 1. The number of carbonyl (C=O) groups excluding carboxylic acids is 1. The van der Waals surface area contributed by atoms with Crippen molar-refractivity contribution in [2.75, 3.05) is 26.2 Å². The largest absolute Gasteiger partial charge is 0.466 e. The molecule has 1 aromatic carbocycles. The van der Waals surface area contributed by atoms with Crippen LogP contribution in [-0.4, -0.2) is 43.1 Å². The Bertz CT molecular complexity index is 660. The Balaban J connectivity index is 0.00000392. The van der Waals surface area contributed by atoms with Crippen molar-refractivity contribution in [1.29, 1.82) is 0 Å². The van der Waals surface area contributed by atoms with Gasteiger partial charge >= 0.3 is 12.1 Å². The molecule has 1 aliphatic rings. The molecule has 1 aromatic rings. The first-order chi connectivity index (χ1) is 12.8. The maximum absolute atomic E-state index is 12.8. The Morgan fingerprint density at radius 1 is 1.29 bits per heavy atom. The summed E-state index contributed by atoms with van der Waals surface area (Å²) in [4.78, 5) is 18.4. The van der Waals surface area contributed by atoms with Gasteiger partial charge < -0.3 is 15.0 Å². The van der Waals surface area contributed by atoms with E-state index in [4.69, 9.17) is 4.74 Å². The summed E-state index contributed by atoms with van der Waals surface area (Å²) in [5.41, 5.74) is -0.169. The van der Waals surface area contributed by atoms with Gasteiger partial charge in [-0.1, -0.05) is 12.1 Å². The van der Waals surface area contributed by atoms with Crippen LogP contribution in [0, 0.1) is 5.92 Å². The molecule has 158 valence electrons. The predicted octanol–water partition coefficient (Wildman–Crippen LogP) is 4.06. The smallest absolute Gasteiger partial charge is 0.416 e. The van der Waals surface area contributed by atoms with Crippen LogP contribution >= 0.6 is 24.0 Å². The number of rotatable bonds is 5. The molecule has 1 N–H and O–H groups in total. The normalized spacial score (nSPS) is 15.8. The van der Waals surface area contributed by atoms with E-state index in [0.29, 0.717) is 50.6 Å². The molecule has 1 saturated heterocycles. The van der Waals surface area contributed by atoms with E-state index in [1.807, 2.05) is 11.8 Å². The van der Waals surface area contributed by atoms with Crippen LogP contribution in [-0.2, 0) is 22.3 Å². The van der Waals surface area contributed by atoms with E-state index in [-0.39, 0.29) is 42.4 Å². The SMILES string of the molecule is CCNC(=NCc1cccc(C(F)(F)F)c1)N1CCC(C(=O)OCC)CC1.I. The number of halogens is 4. The number of esters is 1. The maximum atomic E-state index is 12.8. The van der Waals surface area contributed by atoms with Gasteiger partial charge in [-0.15, -0.1) is 24.0 Å². The van der Waals surface area contributed by atoms with Crippen molar-refractivity contribution in [1.82, 2.24) is 10.2 Å².